The van der Waals surface area contributed by atoms with Gasteiger partial charge in [-0.15, -0.1) is 0 Å². The summed E-state index contributed by atoms with van der Waals surface area (Å²) in [6.07, 6.45) is 11.3. The molecule has 0 aliphatic heterocycles. The first-order chi connectivity index (χ1) is 19.2. The van der Waals surface area contributed by atoms with Gasteiger partial charge in [0.2, 0.25) is 0 Å². The molecule has 1 aliphatic carbocycles. The van der Waals surface area contributed by atoms with Crippen LogP contribution in [0.2, 0.25) is 0 Å². The van der Waals surface area contributed by atoms with Gasteiger partial charge >= 0.3 is 5.97 Å². The van der Waals surface area contributed by atoms with Crippen molar-refractivity contribution in [1.29, 1.82) is 0 Å². The van der Waals surface area contributed by atoms with Crippen molar-refractivity contribution in [3.63, 3.8) is 0 Å². The maximum absolute atomic E-state index is 11.8. The van der Waals surface area contributed by atoms with Gasteiger partial charge in [0.05, 0.1) is 24.3 Å². The number of carbonyl (C=O) groups excluding carboxylic acids is 1. The van der Waals surface area contributed by atoms with Crippen molar-refractivity contribution in [2.45, 2.75) is 110 Å². The molecular weight excluding hydrogens is 494 g/mol. The number of benzene rings is 2. The van der Waals surface area contributed by atoms with Crippen LogP contribution in [0.4, 0.5) is 0 Å². The van der Waals surface area contributed by atoms with Gasteiger partial charge in [-0.05, 0) is 98.7 Å². The number of carbonyl (C=O) groups is 1. The molecule has 0 bridgehead atoms. The molecule has 3 aromatic rings. The van der Waals surface area contributed by atoms with E-state index in [1.54, 1.807) is 6.20 Å². The highest BCUT2D eigenvalue weighted by molar-refractivity contribution is 5.73. The molecule has 1 saturated carbocycles. The second-order valence-electron chi connectivity index (χ2n) is 11.8. The zero-order chi connectivity index (χ0) is 28.8. The van der Waals surface area contributed by atoms with Crippen LogP contribution in [0, 0.1) is 13.8 Å². The predicted octanol–water partition coefficient (Wildman–Crippen LogP) is 8.20. The Morgan fingerprint density at radius 3 is 2.17 bits per heavy atom. The molecule has 4 rings (SSSR count). The van der Waals surface area contributed by atoms with Gasteiger partial charge in [-0.2, -0.15) is 0 Å². The molecule has 1 fully saturated rings. The minimum atomic E-state index is -0.477. The summed E-state index contributed by atoms with van der Waals surface area (Å²) in [5.74, 6) is -0.224. The second kappa shape index (κ2) is 13.1. The highest BCUT2D eigenvalue weighted by atomic mass is 16.5. The van der Waals surface area contributed by atoms with Gasteiger partial charge in [0, 0.05) is 17.2 Å². The van der Waals surface area contributed by atoms with Crippen molar-refractivity contribution < 1.29 is 14.6 Å². The Morgan fingerprint density at radius 2 is 1.60 bits per heavy atom. The third kappa shape index (κ3) is 6.66. The van der Waals surface area contributed by atoms with Gasteiger partial charge in [0.25, 0.3) is 0 Å². The van der Waals surface area contributed by atoms with E-state index in [1.165, 1.54) is 34.2 Å². The zero-order valence-corrected chi connectivity index (χ0v) is 25.2. The molecule has 0 atom stereocenters. The maximum Gasteiger partial charge on any atom is 0.310 e. The first kappa shape index (κ1) is 30.0. The molecule has 40 heavy (non-hydrogen) atoms. The van der Waals surface area contributed by atoms with E-state index in [9.17, 15) is 9.90 Å². The summed E-state index contributed by atoms with van der Waals surface area (Å²) >= 11 is 0. The SMILES string of the molecule is CCOC(=O)Cc1ccc(-c2ccc(C(CC)(CC)c3ccc(CCC4(O)CCCCC4)c(C)c3)cc2C)nc1. The van der Waals surface area contributed by atoms with E-state index in [4.69, 9.17) is 4.74 Å². The third-order valence-corrected chi connectivity index (χ3v) is 9.28. The molecule has 4 heteroatoms. The largest absolute Gasteiger partial charge is 0.466 e. The normalized spacial score (nSPS) is 15.2. The molecule has 214 valence electrons. The number of nitrogens with zero attached hydrogens (tertiary/aromatic N) is 1. The molecule has 1 heterocycles. The molecule has 0 radical (unpaired) electrons. The van der Waals surface area contributed by atoms with E-state index in [-0.39, 0.29) is 17.8 Å². The summed E-state index contributed by atoms with van der Waals surface area (Å²) in [5.41, 5.74) is 8.92. The lowest BCUT2D eigenvalue weighted by atomic mass is 9.69. The monoisotopic (exact) mass is 541 g/mol. The van der Waals surface area contributed by atoms with Crippen LogP contribution in [-0.4, -0.2) is 28.3 Å². The summed E-state index contributed by atoms with van der Waals surface area (Å²) < 4.78 is 5.06. The first-order valence-electron chi connectivity index (χ1n) is 15.3. The van der Waals surface area contributed by atoms with Gasteiger partial charge < -0.3 is 9.84 Å². The average Bonchev–Trinajstić information content (AvgIpc) is 2.95. The Labute approximate surface area is 241 Å². The standard InChI is InChI=1S/C36H47NO3/c1-6-36(7-2,30-14-13-29(26(4)22-30)18-21-35(39)19-10-9-11-20-35)31-15-16-32(27(5)23-31)33-17-12-28(25-37-33)24-34(38)40-8-3/h12-17,22-23,25,39H,6-11,18-21,24H2,1-5H3. The number of aliphatic hydroxyl groups is 1. The topological polar surface area (TPSA) is 59.4 Å². The van der Waals surface area contributed by atoms with Crippen LogP contribution in [0.25, 0.3) is 11.3 Å². The number of rotatable bonds is 11. The number of aromatic nitrogens is 1. The summed E-state index contributed by atoms with van der Waals surface area (Å²) in [6, 6.07) is 17.8. The maximum atomic E-state index is 11.8. The molecule has 0 unspecified atom stereocenters. The zero-order valence-electron chi connectivity index (χ0n) is 25.2. The molecule has 0 saturated heterocycles. The van der Waals surface area contributed by atoms with Crippen LogP contribution in [0.5, 0.6) is 0 Å². The smallest absolute Gasteiger partial charge is 0.310 e. The highest BCUT2D eigenvalue weighted by Crippen LogP contribution is 2.41. The Kier molecular flexibility index (Phi) is 9.84. The summed E-state index contributed by atoms with van der Waals surface area (Å²) in [7, 11) is 0. The van der Waals surface area contributed by atoms with Crippen LogP contribution in [0.3, 0.4) is 0 Å². The third-order valence-electron chi connectivity index (χ3n) is 9.28. The van der Waals surface area contributed by atoms with Crippen LogP contribution in [-0.2, 0) is 27.8 Å². The van der Waals surface area contributed by atoms with Crippen molar-refractivity contribution in [3.05, 3.63) is 88.1 Å². The van der Waals surface area contributed by atoms with Crippen LogP contribution < -0.4 is 0 Å². The van der Waals surface area contributed by atoms with Gasteiger partial charge in [-0.1, -0.05) is 75.6 Å². The van der Waals surface area contributed by atoms with Gasteiger partial charge in [-0.3, -0.25) is 9.78 Å². The summed E-state index contributed by atoms with van der Waals surface area (Å²) in [4.78, 5) is 16.5. The van der Waals surface area contributed by atoms with Crippen LogP contribution >= 0.6 is 0 Å². The molecular formula is C36H47NO3. The van der Waals surface area contributed by atoms with E-state index in [1.807, 2.05) is 19.1 Å². The summed E-state index contributed by atoms with van der Waals surface area (Å²) in [6.45, 7) is 11.2. The molecule has 1 aliphatic rings. The Morgan fingerprint density at radius 1 is 0.925 bits per heavy atom. The fraction of sp³-hybridized carbons (Fsp3) is 0.500. The average molecular weight is 542 g/mol. The second-order valence-corrected chi connectivity index (χ2v) is 11.8. The number of pyridine rings is 1. The Bertz CT molecular complexity index is 1280. The molecule has 0 amide bonds. The lowest BCUT2D eigenvalue weighted by Gasteiger charge is -2.35. The van der Waals surface area contributed by atoms with Gasteiger partial charge in [0.15, 0.2) is 0 Å². The van der Waals surface area contributed by atoms with Crippen LogP contribution in [0.15, 0.2) is 54.7 Å². The Hall–Kier alpha value is -2.98. The van der Waals surface area contributed by atoms with Gasteiger partial charge in [0.1, 0.15) is 0 Å². The minimum Gasteiger partial charge on any atom is -0.466 e. The van der Waals surface area contributed by atoms with E-state index < -0.39 is 5.60 Å². The number of esters is 1. The van der Waals surface area contributed by atoms with Crippen LogP contribution in [0.1, 0.15) is 106 Å². The lowest BCUT2D eigenvalue weighted by Crippen LogP contribution is -2.31. The number of hydrogen-bond acceptors (Lipinski definition) is 4. The molecule has 2 aromatic carbocycles. The fourth-order valence-electron chi connectivity index (χ4n) is 6.65. The Balaban J connectivity index is 1.55. The minimum absolute atomic E-state index is 0.0644. The quantitative estimate of drug-likeness (QED) is 0.249. The van der Waals surface area contributed by atoms with Crippen molar-refractivity contribution >= 4 is 5.97 Å². The molecule has 4 nitrogen and oxygen atoms in total. The predicted molar refractivity (Wildman–Crippen MR) is 164 cm³/mol. The van der Waals surface area contributed by atoms with E-state index in [0.717, 1.165) is 68.2 Å². The highest BCUT2D eigenvalue weighted by Gasteiger charge is 2.32. The van der Waals surface area contributed by atoms with Crippen molar-refractivity contribution in [2.75, 3.05) is 6.61 Å². The number of aryl methyl sites for hydroxylation is 3. The van der Waals surface area contributed by atoms with Gasteiger partial charge in [-0.25, -0.2) is 0 Å². The van der Waals surface area contributed by atoms with E-state index in [2.05, 4.69) is 69.1 Å². The lowest BCUT2D eigenvalue weighted by molar-refractivity contribution is -0.142. The fourth-order valence-corrected chi connectivity index (χ4v) is 6.65. The summed E-state index contributed by atoms with van der Waals surface area (Å²) in [5, 5.41) is 11.0. The number of ether oxygens (including phenoxy) is 1. The molecule has 0 spiro atoms. The number of hydrogen-bond donors (Lipinski definition) is 1. The molecule has 1 N–H and O–H groups in total. The molecule has 1 aromatic heterocycles. The van der Waals surface area contributed by atoms with E-state index in [0.29, 0.717) is 6.61 Å². The van der Waals surface area contributed by atoms with E-state index >= 15 is 0 Å². The van der Waals surface area contributed by atoms with Crippen molar-refractivity contribution in [1.82, 2.24) is 4.98 Å². The van der Waals surface area contributed by atoms with Crippen molar-refractivity contribution in [3.8, 4) is 11.3 Å². The van der Waals surface area contributed by atoms with Crippen molar-refractivity contribution in [2.24, 2.45) is 0 Å². The first-order valence-corrected chi connectivity index (χ1v) is 15.3.